The maximum absolute atomic E-state index is 10.8. The largest absolute Gasteiger partial charge is 0.329 e. The van der Waals surface area contributed by atoms with Crippen molar-refractivity contribution in [2.24, 2.45) is 5.92 Å². The summed E-state index contributed by atoms with van der Waals surface area (Å²) >= 11 is 0. The van der Waals surface area contributed by atoms with Crippen molar-refractivity contribution >= 4 is 0 Å². The molecule has 0 bridgehead atoms. The Labute approximate surface area is 78.0 Å². The van der Waals surface area contributed by atoms with Gasteiger partial charge in [0.2, 0.25) is 5.56 Å². The lowest BCUT2D eigenvalue weighted by Gasteiger charge is -2.08. The zero-order valence-electron chi connectivity index (χ0n) is 7.92. The normalized spacial score (nSPS) is 27.8. The molecule has 2 heteroatoms. The lowest BCUT2D eigenvalue weighted by molar-refractivity contribution is 0.596. The first-order chi connectivity index (χ1) is 6.25. The highest BCUT2D eigenvalue weighted by molar-refractivity contribution is 5.15. The molecule has 0 saturated heterocycles. The van der Waals surface area contributed by atoms with Gasteiger partial charge in [-0.3, -0.25) is 4.79 Å². The molecule has 0 spiro atoms. The Morgan fingerprint density at radius 1 is 1.38 bits per heavy atom. The average Bonchev–Trinajstić information content (AvgIpc) is 2.53. The minimum atomic E-state index is -0.00482. The highest BCUT2D eigenvalue weighted by atomic mass is 16.1. The molecule has 1 aromatic heterocycles. The number of pyridine rings is 1. The Bertz CT molecular complexity index is 322. The molecule has 1 heterocycles. The fraction of sp³-hybridized carbons (Fsp3) is 0.545. The Morgan fingerprint density at radius 3 is 2.77 bits per heavy atom. The standard InChI is InChI=1S/C11H15NO/c1-8-2-3-9(6-8)10-4-5-11(13)12-7-10/h4-5,7-9H,2-3,6H2,1H3,(H,12,13)/t8?,9-/m0/s1. The first-order valence-electron chi connectivity index (χ1n) is 4.94. The fourth-order valence-electron chi connectivity index (χ4n) is 2.19. The van der Waals surface area contributed by atoms with E-state index < -0.39 is 0 Å². The Balaban J connectivity index is 2.17. The third kappa shape index (κ3) is 1.82. The number of hydrogen-bond acceptors (Lipinski definition) is 1. The highest BCUT2D eigenvalue weighted by Crippen LogP contribution is 2.37. The SMILES string of the molecule is CC1CC[C@H](c2ccc(=O)[nH]c2)C1. The molecular weight excluding hydrogens is 162 g/mol. The lowest BCUT2D eigenvalue weighted by atomic mass is 9.98. The molecule has 1 aliphatic rings. The molecule has 1 aliphatic carbocycles. The zero-order valence-corrected chi connectivity index (χ0v) is 7.92. The molecule has 0 amide bonds. The summed E-state index contributed by atoms with van der Waals surface area (Å²) in [4.78, 5) is 13.6. The topological polar surface area (TPSA) is 32.9 Å². The first-order valence-corrected chi connectivity index (χ1v) is 4.94. The lowest BCUT2D eigenvalue weighted by Crippen LogP contribution is -2.04. The summed E-state index contributed by atoms with van der Waals surface area (Å²) < 4.78 is 0. The third-order valence-corrected chi connectivity index (χ3v) is 2.97. The van der Waals surface area contributed by atoms with E-state index in [1.165, 1.54) is 24.8 Å². The molecule has 2 nitrogen and oxygen atoms in total. The number of aromatic nitrogens is 1. The summed E-state index contributed by atoms with van der Waals surface area (Å²) in [6.07, 6.45) is 5.73. The smallest absolute Gasteiger partial charge is 0.247 e. The van der Waals surface area contributed by atoms with Gasteiger partial charge in [-0.25, -0.2) is 0 Å². The molecule has 1 N–H and O–H groups in total. The van der Waals surface area contributed by atoms with Crippen molar-refractivity contribution in [3.8, 4) is 0 Å². The molecule has 13 heavy (non-hydrogen) atoms. The maximum atomic E-state index is 10.8. The summed E-state index contributed by atoms with van der Waals surface area (Å²) in [5, 5.41) is 0. The van der Waals surface area contributed by atoms with Gasteiger partial charge in [0.05, 0.1) is 0 Å². The number of nitrogens with one attached hydrogen (secondary N) is 1. The summed E-state index contributed by atoms with van der Waals surface area (Å²) in [6, 6.07) is 3.58. The minimum Gasteiger partial charge on any atom is -0.329 e. The van der Waals surface area contributed by atoms with Crippen molar-refractivity contribution in [3.63, 3.8) is 0 Å². The predicted octanol–water partition coefficient (Wildman–Crippen LogP) is 2.28. The molecule has 0 radical (unpaired) electrons. The van der Waals surface area contributed by atoms with Gasteiger partial charge in [0, 0.05) is 12.3 Å². The van der Waals surface area contributed by atoms with Crippen LogP contribution in [0.5, 0.6) is 0 Å². The first kappa shape index (κ1) is 8.54. The monoisotopic (exact) mass is 177 g/mol. The van der Waals surface area contributed by atoms with E-state index in [9.17, 15) is 4.79 Å². The average molecular weight is 177 g/mol. The van der Waals surface area contributed by atoms with E-state index in [2.05, 4.69) is 11.9 Å². The van der Waals surface area contributed by atoms with E-state index in [1.54, 1.807) is 6.07 Å². The second-order valence-corrected chi connectivity index (χ2v) is 4.10. The van der Waals surface area contributed by atoms with Crippen molar-refractivity contribution in [1.82, 2.24) is 4.98 Å². The van der Waals surface area contributed by atoms with Crippen LogP contribution in [-0.2, 0) is 0 Å². The van der Waals surface area contributed by atoms with Gasteiger partial charge >= 0.3 is 0 Å². The maximum Gasteiger partial charge on any atom is 0.247 e. The van der Waals surface area contributed by atoms with Gasteiger partial charge < -0.3 is 4.98 Å². The van der Waals surface area contributed by atoms with Gasteiger partial charge in [-0.05, 0) is 30.2 Å². The summed E-state index contributed by atoms with van der Waals surface area (Å²) in [5.41, 5.74) is 1.29. The van der Waals surface area contributed by atoms with Crippen molar-refractivity contribution < 1.29 is 0 Å². The van der Waals surface area contributed by atoms with Crippen LogP contribution in [0.2, 0.25) is 0 Å². The van der Waals surface area contributed by atoms with Gasteiger partial charge in [0.25, 0.3) is 0 Å². The second-order valence-electron chi connectivity index (χ2n) is 4.10. The van der Waals surface area contributed by atoms with Crippen LogP contribution in [0.4, 0.5) is 0 Å². The second kappa shape index (κ2) is 3.36. The Hall–Kier alpha value is -1.05. The van der Waals surface area contributed by atoms with Crippen molar-refractivity contribution in [2.75, 3.05) is 0 Å². The predicted molar refractivity (Wildman–Crippen MR) is 52.8 cm³/mol. The fourth-order valence-corrected chi connectivity index (χ4v) is 2.19. The molecule has 1 aromatic rings. The van der Waals surface area contributed by atoms with Crippen LogP contribution < -0.4 is 5.56 Å². The number of aromatic amines is 1. The van der Waals surface area contributed by atoms with E-state index in [0.717, 1.165) is 5.92 Å². The van der Waals surface area contributed by atoms with Crippen LogP contribution >= 0.6 is 0 Å². The Kier molecular flexibility index (Phi) is 2.21. The Morgan fingerprint density at radius 2 is 2.23 bits per heavy atom. The van der Waals surface area contributed by atoms with Crippen molar-refractivity contribution in [1.29, 1.82) is 0 Å². The zero-order chi connectivity index (χ0) is 9.26. The summed E-state index contributed by atoms with van der Waals surface area (Å²) in [7, 11) is 0. The van der Waals surface area contributed by atoms with E-state index >= 15 is 0 Å². The van der Waals surface area contributed by atoms with E-state index in [0.29, 0.717) is 5.92 Å². The molecule has 2 rings (SSSR count). The van der Waals surface area contributed by atoms with E-state index in [1.807, 2.05) is 12.3 Å². The number of hydrogen-bond donors (Lipinski definition) is 1. The summed E-state index contributed by atoms with van der Waals surface area (Å²) in [6.45, 7) is 2.30. The van der Waals surface area contributed by atoms with E-state index in [4.69, 9.17) is 0 Å². The van der Waals surface area contributed by atoms with Crippen LogP contribution in [0.1, 0.15) is 37.7 Å². The minimum absolute atomic E-state index is 0.00482. The van der Waals surface area contributed by atoms with Crippen molar-refractivity contribution in [2.45, 2.75) is 32.1 Å². The summed E-state index contributed by atoms with van der Waals surface area (Å²) in [5.74, 6) is 1.52. The van der Waals surface area contributed by atoms with Crippen LogP contribution in [0.15, 0.2) is 23.1 Å². The van der Waals surface area contributed by atoms with Crippen LogP contribution in [0, 0.1) is 5.92 Å². The molecule has 1 unspecified atom stereocenters. The molecule has 1 fully saturated rings. The quantitative estimate of drug-likeness (QED) is 0.701. The van der Waals surface area contributed by atoms with Gasteiger partial charge in [-0.15, -0.1) is 0 Å². The molecule has 1 saturated carbocycles. The van der Waals surface area contributed by atoms with Crippen LogP contribution in [0.3, 0.4) is 0 Å². The van der Waals surface area contributed by atoms with Gasteiger partial charge in [0.15, 0.2) is 0 Å². The molecule has 70 valence electrons. The van der Waals surface area contributed by atoms with Gasteiger partial charge in [-0.1, -0.05) is 19.4 Å². The molecule has 0 aliphatic heterocycles. The third-order valence-electron chi connectivity index (χ3n) is 2.97. The number of H-pyrrole nitrogens is 1. The van der Waals surface area contributed by atoms with Crippen LogP contribution in [-0.4, -0.2) is 4.98 Å². The highest BCUT2D eigenvalue weighted by Gasteiger charge is 2.22. The molecule has 2 atom stereocenters. The van der Waals surface area contributed by atoms with Gasteiger partial charge in [0.1, 0.15) is 0 Å². The molecular formula is C11H15NO. The van der Waals surface area contributed by atoms with Crippen LogP contribution in [0.25, 0.3) is 0 Å². The van der Waals surface area contributed by atoms with E-state index in [-0.39, 0.29) is 5.56 Å². The molecule has 0 aromatic carbocycles. The van der Waals surface area contributed by atoms with Gasteiger partial charge in [-0.2, -0.15) is 0 Å². The van der Waals surface area contributed by atoms with Crippen molar-refractivity contribution in [3.05, 3.63) is 34.2 Å². The number of rotatable bonds is 1.